The zero-order valence-electron chi connectivity index (χ0n) is 19.7. The zero-order valence-corrected chi connectivity index (χ0v) is 19.7. The van der Waals surface area contributed by atoms with E-state index in [4.69, 9.17) is 5.11 Å². The van der Waals surface area contributed by atoms with E-state index >= 15 is 0 Å². The third kappa shape index (κ3) is 8.88. The smallest absolute Gasteiger partial charge is 0.327 e. The Balaban J connectivity index is 1.82. The number of nitrogens with zero attached hydrogens (tertiary/aromatic N) is 1. The summed E-state index contributed by atoms with van der Waals surface area (Å²) in [6.07, 6.45) is 6.95. The predicted molar refractivity (Wildman–Crippen MR) is 124 cm³/mol. The second kappa shape index (κ2) is 12.8. The number of hydrogen-bond donors (Lipinski definition) is 2. The summed E-state index contributed by atoms with van der Waals surface area (Å²) in [6, 6.07) is 7.60. The normalized spacial score (nSPS) is 19.8. The number of halogens is 2. The predicted octanol–water partition coefficient (Wildman–Crippen LogP) is 5.14. The van der Waals surface area contributed by atoms with Crippen LogP contribution in [-0.2, 0) is 16.0 Å². The molecule has 0 radical (unpaired) electrons. The molecule has 1 aromatic carbocycles. The minimum Gasteiger partial charge on any atom is -0.481 e. The number of carboxylic acids is 1. The highest BCUT2D eigenvalue weighted by Crippen LogP contribution is 2.34. The van der Waals surface area contributed by atoms with Crippen molar-refractivity contribution in [2.24, 2.45) is 5.92 Å². The van der Waals surface area contributed by atoms with Gasteiger partial charge in [0, 0.05) is 19.4 Å². The second-order valence-electron chi connectivity index (χ2n) is 9.27. The fourth-order valence-electron chi connectivity index (χ4n) is 4.27. The van der Waals surface area contributed by atoms with Gasteiger partial charge in [0.15, 0.2) is 0 Å². The molecule has 1 fully saturated rings. The molecule has 0 spiro atoms. The first-order valence-electron chi connectivity index (χ1n) is 11.9. The van der Waals surface area contributed by atoms with Crippen molar-refractivity contribution in [3.8, 4) is 0 Å². The van der Waals surface area contributed by atoms with Gasteiger partial charge in [0.1, 0.15) is 0 Å². The van der Waals surface area contributed by atoms with Crippen molar-refractivity contribution >= 4 is 11.9 Å². The molecule has 2 rings (SSSR count). The standard InChI is InChI=1S/C26H37F2NO4/c1-19-9-7-11-21(17-19)12-8-10-20(2)23(30)15-14-22-18-26(27,28)25(33)29(22)16-6-4-3-5-13-24(31)32/h7,9,11,14-15,17,20,22-23,30H,3-6,8,10,12-13,16,18H2,1-2H3,(H,31,32)/b15-14+/t20-,22-,23+/m0/s1. The van der Waals surface area contributed by atoms with Crippen LogP contribution in [0.4, 0.5) is 8.78 Å². The zero-order chi connectivity index (χ0) is 24.4. The van der Waals surface area contributed by atoms with Gasteiger partial charge in [0.25, 0.3) is 5.91 Å². The highest BCUT2D eigenvalue weighted by Gasteiger charge is 2.52. The molecule has 1 aliphatic rings. The highest BCUT2D eigenvalue weighted by atomic mass is 19.3. The van der Waals surface area contributed by atoms with Crippen molar-refractivity contribution in [3.05, 3.63) is 47.5 Å². The molecule has 184 valence electrons. The molecule has 5 nitrogen and oxygen atoms in total. The molecule has 1 amide bonds. The Hall–Kier alpha value is -2.28. The largest absolute Gasteiger partial charge is 0.481 e. The molecule has 0 unspecified atom stereocenters. The number of benzene rings is 1. The lowest BCUT2D eigenvalue weighted by Gasteiger charge is -2.22. The first kappa shape index (κ1) is 27.0. The average Bonchev–Trinajstić information content (AvgIpc) is 2.96. The summed E-state index contributed by atoms with van der Waals surface area (Å²) < 4.78 is 28.1. The number of hydrogen-bond acceptors (Lipinski definition) is 3. The van der Waals surface area contributed by atoms with Gasteiger partial charge in [0.2, 0.25) is 0 Å². The van der Waals surface area contributed by atoms with E-state index in [2.05, 4.69) is 25.1 Å². The van der Waals surface area contributed by atoms with Crippen LogP contribution in [-0.4, -0.2) is 51.6 Å². The van der Waals surface area contributed by atoms with Crippen molar-refractivity contribution in [3.63, 3.8) is 0 Å². The summed E-state index contributed by atoms with van der Waals surface area (Å²) in [6.45, 7) is 4.20. The van der Waals surface area contributed by atoms with E-state index in [1.54, 1.807) is 12.2 Å². The molecular formula is C26H37F2NO4. The van der Waals surface area contributed by atoms with E-state index < -0.39 is 36.4 Å². The lowest BCUT2D eigenvalue weighted by atomic mass is 9.95. The summed E-state index contributed by atoms with van der Waals surface area (Å²) in [5.74, 6) is -5.42. The number of aliphatic hydroxyl groups excluding tert-OH is 1. The molecule has 0 saturated carbocycles. The van der Waals surface area contributed by atoms with Crippen molar-refractivity contribution in [2.45, 2.75) is 89.7 Å². The minimum atomic E-state index is -3.39. The van der Waals surface area contributed by atoms with E-state index in [1.807, 2.05) is 13.0 Å². The number of rotatable bonds is 14. The maximum atomic E-state index is 14.0. The molecule has 0 aliphatic carbocycles. The van der Waals surface area contributed by atoms with Gasteiger partial charge in [-0.1, -0.05) is 61.7 Å². The van der Waals surface area contributed by atoms with Gasteiger partial charge in [-0.25, -0.2) is 0 Å². The number of alkyl halides is 2. The Morgan fingerprint density at radius 1 is 1.24 bits per heavy atom. The SMILES string of the molecule is Cc1cccc(CCC[C@H](C)[C@H](O)/C=C/[C@H]2CC(F)(F)C(=O)N2CCCCCCC(=O)O)c1. The molecule has 0 bridgehead atoms. The summed E-state index contributed by atoms with van der Waals surface area (Å²) in [5.41, 5.74) is 2.48. The third-order valence-corrected chi connectivity index (χ3v) is 6.30. The molecule has 1 aliphatic heterocycles. The van der Waals surface area contributed by atoms with Crippen molar-refractivity contribution in [1.82, 2.24) is 4.90 Å². The van der Waals surface area contributed by atoms with E-state index in [0.717, 1.165) is 19.3 Å². The maximum absolute atomic E-state index is 14.0. The lowest BCUT2D eigenvalue weighted by molar-refractivity contribution is -0.148. The van der Waals surface area contributed by atoms with Crippen LogP contribution in [0.1, 0.15) is 69.4 Å². The summed E-state index contributed by atoms with van der Waals surface area (Å²) in [4.78, 5) is 23.9. The molecule has 7 heteroatoms. The molecule has 2 N–H and O–H groups in total. The van der Waals surface area contributed by atoms with Crippen molar-refractivity contribution in [1.29, 1.82) is 0 Å². The molecule has 3 atom stereocenters. The summed E-state index contributed by atoms with van der Waals surface area (Å²) in [7, 11) is 0. The first-order chi connectivity index (χ1) is 15.6. The number of carbonyl (C=O) groups is 2. The lowest BCUT2D eigenvalue weighted by Crippen LogP contribution is -2.36. The number of carbonyl (C=O) groups excluding carboxylic acids is 1. The van der Waals surface area contributed by atoms with Crippen LogP contribution in [0.5, 0.6) is 0 Å². The third-order valence-electron chi connectivity index (χ3n) is 6.30. The monoisotopic (exact) mass is 465 g/mol. The summed E-state index contributed by atoms with van der Waals surface area (Å²) >= 11 is 0. The molecule has 1 saturated heterocycles. The number of aryl methyl sites for hydroxylation is 2. The Morgan fingerprint density at radius 2 is 1.97 bits per heavy atom. The average molecular weight is 466 g/mol. The van der Waals surface area contributed by atoms with Gasteiger partial charge >= 0.3 is 11.9 Å². The minimum absolute atomic E-state index is 0.0219. The molecule has 33 heavy (non-hydrogen) atoms. The Morgan fingerprint density at radius 3 is 2.67 bits per heavy atom. The van der Waals surface area contributed by atoms with Gasteiger partial charge in [-0.2, -0.15) is 8.78 Å². The quantitative estimate of drug-likeness (QED) is 0.295. The van der Waals surface area contributed by atoms with Gasteiger partial charge < -0.3 is 15.1 Å². The van der Waals surface area contributed by atoms with Crippen LogP contribution in [0.2, 0.25) is 0 Å². The highest BCUT2D eigenvalue weighted by molar-refractivity contribution is 5.86. The molecule has 0 aromatic heterocycles. The fourth-order valence-corrected chi connectivity index (χ4v) is 4.27. The molecule has 1 heterocycles. The number of carboxylic acid groups (broad SMARTS) is 1. The first-order valence-corrected chi connectivity index (χ1v) is 11.9. The summed E-state index contributed by atoms with van der Waals surface area (Å²) in [5, 5.41) is 19.2. The van der Waals surface area contributed by atoms with Crippen molar-refractivity contribution < 1.29 is 28.6 Å². The second-order valence-corrected chi connectivity index (χ2v) is 9.27. The van der Waals surface area contributed by atoms with E-state index in [9.17, 15) is 23.5 Å². The van der Waals surface area contributed by atoms with E-state index in [-0.39, 0.29) is 18.9 Å². The van der Waals surface area contributed by atoms with Gasteiger partial charge in [-0.3, -0.25) is 9.59 Å². The van der Waals surface area contributed by atoms with Crippen LogP contribution < -0.4 is 0 Å². The molecular weight excluding hydrogens is 428 g/mol. The number of unbranched alkanes of at least 4 members (excludes halogenated alkanes) is 3. The maximum Gasteiger partial charge on any atom is 0.327 e. The van der Waals surface area contributed by atoms with Gasteiger partial charge in [-0.05, 0) is 50.5 Å². The van der Waals surface area contributed by atoms with E-state index in [0.29, 0.717) is 25.7 Å². The Bertz CT molecular complexity index is 811. The van der Waals surface area contributed by atoms with Crippen LogP contribution in [0, 0.1) is 12.8 Å². The fraction of sp³-hybridized carbons (Fsp3) is 0.615. The number of amides is 1. The Labute approximate surface area is 195 Å². The number of likely N-dealkylation sites (tertiary alicyclic amines) is 1. The van der Waals surface area contributed by atoms with Crippen LogP contribution in [0.15, 0.2) is 36.4 Å². The van der Waals surface area contributed by atoms with Gasteiger partial charge in [0.05, 0.1) is 12.1 Å². The topological polar surface area (TPSA) is 77.8 Å². The van der Waals surface area contributed by atoms with E-state index in [1.165, 1.54) is 16.0 Å². The van der Waals surface area contributed by atoms with Crippen LogP contribution in [0.3, 0.4) is 0 Å². The van der Waals surface area contributed by atoms with Crippen molar-refractivity contribution in [2.75, 3.05) is 6.54 Å². The number of aliphatic carboxylic acids is 1. The molecule has 1 aromatic rings. The Kier molecular flexibility index (Phi) is 10.5. The van der Waals surface area contributed by atoms with Gasteiger partial charge in [-0.15, -0.1) is 0 Å². The number of aliphatic hydroxyl groups is 1. The van der Waals surface area contributed by atoms with Crippen LogP contribution >= 0.6 is 0 Å². The van der Waals surface area contributed by atoms with Crippen LogP contribution in [0.25, 0.3) is 0 Å².